The summed E-state index contributed by atoms with van der Waals surface area (Å²) in [6, 6.07) is 11.6. The SMILES string of the molecule is O=C(c1cccnc1)N1CCCC(c2cc3cc(Cl)ccc3[nH]2)C1. The maximum absolute atomic E-state index is 12.7. The topological polar surface area (TPSA) is 49.0 Å². The Bertz CT molecular complexity index is 875. The highest BCUT2D eigenvalue weighted by molar-refractivity contribution is 6.31. The number of halogens is 1. The predicted octanol–water partition coefficient (Wildman–Crippen LogP) is 4.24. The molecule has 4 rings (SSSR count). The van der Waals surface area contributed by atoms with Crippen LogP contribution >= 0.6 is 11.6 Å². The van der Waals surface area contributed by atoms with E-state index >= 15 is 0 Å². The number of hydrogen-bond donors (Lipinski definition) is 1. The summed E-state index contributed by atoms with van der Waals surface area (Å²) in [7, 11) is 0. The summed E-state index contributed by atoms with van der Waals surface area (Å²) in [6.07, 6.45) is 5.41. The number of likely N-dealkylation sites (tertiary alicyclic amines) is 1. The lowest BCUT2D eigenvalue weighted by molar-refractivity contribution is 0.0705. The molecule has 1 aromatic carbocycles. The minimum absolute atomic E-state index is 0.0620. The van der Waals surface area contributed by atoms with E-state index in [4.69, 9.17) is 11.6 Å². The summed E-state index contributed by atoms with van der Waals surface area (Å²) in [5.74, 6) is 0.387. The molecule has 1 amide bonds. The number of rotatable bonds is 2. The molecule has 1 N–H and O–H groups in total. The van der Waals surface area contributed by atoms with E-state index in [0.717, 1.165) is 41.9 Å². The van der Waals surface area contributed by atoms with Gasteiger partial charge in [0.1, 0.15) is 0 Å². The van der Waals surface area contributed by atoms with Crippen molar-refractivity contribution in [3.8, 4) is 0 Å². The summed E-state index contributed by atoms with van der Waals surface area (Å²) < 4.78 is 0. The fraction of sp³-hybridized carbons (Fsp3) is 0.263. The van der Waals surface area contributed by atoms with E-state index < -0.39 is 0 Å². The van der Waals surface area contributed by atoms with Gasteiger partial charge in [0.25, 0.3) is 5.91 Å². The lowest BCUT2D eigenvalue weighted by Crippen LogP contribution is -2.39. The second-order valence-electron chi connectivity index (χ2n) is 6.29. The standard InChI is InChI=1S/C19H18ClN3O/c20-16-5-6-17-15(9-16)10-18(22-17)14-4-2-8-23(12-14)19(24)13-3-1-7-21-11-13/h1,3,5-7,9-11,14,22H,2,4,8,12H2. The van der Waals surface area contributed by atoms with Gasteiger partial charge in [-0.05, 0) is 49.2 Å². The normalized spacial score (nSPS) is 18.0. The quantitative estimate of drug-likeness (QED) is 0.759. The number of aromatic nitrogens is 2. The molecule has 3 heterocycles. The number of pyridine rings is 1. The molecule has 0 aliphatic carbocycles. The van der Waals surface area contributed by atoms with Crippen LogP contribution in [0.5, 0.6) is 0 Å². The van der Waals surface area contributed by atoms with Crippen LogP contribution in [0.15, 0.2) is 48.8 Å². The van der Waals surface area contributed by atoms with E-state index in [2.05, 4.69) is 16.0 Å². The molecule has 0 radical (unpaired) electrons. The Morgan fingerprint density at radius 1 is 1.29 bits per heavy atom. The lowest BCUT2D eigenvalue weighted by atomic mass is 9.94. The van der Waals surface area contributed by atoms with Gasteiger partial charge in [0.15, 0.2) is 0 Å². The Balaban J connectivity index is 1.56. The van der Waals surface area contributed by atoms with Gasteiger partial charge in [0, 0.05) is 53.0 Å². The van der Waals surface area contributed by atoms with Crippen molar-refractivity contribution < 1.29 is 4.79 Å². The van der Waals surface area contributed by atoms with Crippen molar-refractivity contribution in [2.45, 2.75) is 18.8 Å². The molecule has 1 unspecified atom stereocenters. The lowest BCUT2D eigenvalue weighted by Gasteiger charge is -2.32. The van der Waals surface area contributed by atoms with Gasteiger partial charge in [-0.1, -0.05) is 11.6 Å². The van der Waals surface area contributed by atoms with Crippen molar-refractivity contribution in [1.82, 2.24) is 14.9 Å². The first-order valence-corrected chi connectivity index (χ1v) is 8.56. The fourth-order valence-corrected chi connectivity index (χ4v) is 3.61. The van der Waals surface area contributed by atoms with Crippen LogP contribution in [0.1, 0.15) is 34.8 Å². The summed E-state index contributed by atoms with van der Waals surface area (Å²) >= 11 is 6.07. The van der Waals surface area contributed by atoms with Crippen LogP contribution in [0.2, 0.25) is 5.02 Å². The molecule has 1 aliphatic heterocycles. The van der Waals surface area contributed by atoms with Crippen LogP contribution in [-0.4, -0.2) is 33.9 Å². The smallest absolute Gasteiger partial charge is 0.255 e. The van der Waals surface area contributed by atoms with Gasteiger partial charge in [-0.2, -0.15) is 0 Å². The van der Waals surface area contributed by atoms with Crippen molar-refractivity contribution in [2.75, 3.05) is 13.1 Å². The number of carbonyl (C=O) groups excluding carboxylic acids is 1. The molecule has 5 heteroatoms. The van der Waals surface area contributed by atoms with Gasteiger partial charge in [0.05, 0.1) is 5.56 Å². The van der Waals surface area contributed by atoms with E-state index in [1.807, 2.05) is 29.2 Å². The number of carbonyl (C=O) groups is 1. The molecule has 0 saturated carbocycles. The maximum Gasteiger partial charge on any atom is 0.255 e. The average molecular weight is 340 g/mol. The predicted molar refractivity (Wildman–Crippen MR) is 95.4 cm³/mol. The van der Waals surface area contributed by atoms with E-state index in [-0.39, 0.29) is 5.91 Å². The zero-order valence-electron chi connectivity index (χ0n) is 13.2. The highest BCUT2D eigenvalue weighted by Gasteiger charge is 2.26. The Kier molecular flexibility index (Phi) is 3.98. The molecule has 2 aromatic heterocycles. The van der Waals surface area contributed by atoms with Gasteiger partial charge >= 0.3 is 0 Å². The zero-order valence-corrected chi connectivity index (χ0v) is 14.0. The first-order valence-electron chi connectivity index (χ1n) is 8.18. The van der Waals surface area contributed by atoms with E-state index in [1.54, 1.807) is 18.5 Å². The molecule has 1 saturated heterocycles. The minimum Gasteiger partial charge on any atom is -0.358 e. The largest absolute Gasteiger partial charge is 0.358 e. The van der Waals surface area contributed by atoms with Crippen LogP contribution in [0.4, 0.5) is 0 Å². The molecule has 0 spiro atoms. The van der Waals surface area contributed by atoms with Gasteiger partial charge in [-0.25, -0.2) is 0 Å². The summed E-state index contributed by atoms with van der Waals surface area (Å²) in [6.45, 7) is 1.53. The number of nitrogens with one attached hydrogen (secondary N) is 1. The Morgan fingerprint density at radius 2 is 2.21 bits per heavy atom. The van der Waals surface area contributed by atoms with Gasteiger partial charge < -0.3 is 9.88 Å². The maximum atomic E-state index is 12.7. The van der Waals surface area contributed by atoms with Gasteiger partial charge in [-0.3, -0.25) is 9.78 Å². The van der Waals surface area contributed by atoms with Crippen molar-refractivity contribution in [2.24, 2.45) is 0 Å². The molecule has 1 atom stereocenters. The number of nitrogens with zero attached hydrogens (tertiary/aromatic N) is 2. The molecule has 1 aliphatic rings. The van der Waals surface area contributed by atoms with Crippen LogP contribution < -0.4 is 0 Å². The summed E-state index contributed by atoms with van der Waals surface area (Å²) in [5, 5.41) is 1.86. The van der Waals surface area contributed by atoms with Crippen molar-refractivity contribution in [1.29, 1.82) is 0 Å². The second-order valence-corrected chi connectivity index (χ2v) is 6.72. The third-order valence-corrected chi connectivity index (χ3v) is 4.90. The molecule has 3 aromatic rings. The monoisotopic (exact) mass is 339 g/mol. The molecule has 1 fully saturated rings. The number of benzene rings is 1. The van der Waals surface area contributed by atoms with Gasteiger partial charge in [-0.15, -0.1) is 0 Å². The minimum atomic E-state index is 0.0620. The van der Waals surface area contributed by atoms with Crippen molar-refractivity contribution >= 4 is 28.4 Å². The molecular formula is C19H18ClN3O. The number of hydrogen-bond acceptors (Lipinski definition) is 2. The van der Waals surface area contributed by atoms with Gasteiger partial charge in [0.2, 0.25) is 0 Å². The Labute approximate surface area is 145 Å². The summed E-state index contributed by atoms with van der Waals surface area (Å²) in [5.41, 5.74) is 2.92. The number of amides is 1. The molecular weight excluding hydrogens is 322 g/mol. The molecule has 0 bridgehead atoms. The molecule has 122 valence electrons. The average Bonchev–Trinajstić information content (AvgIpc) is 3.05. The number of H-pyrrole nitrogens is 1. The Hall–Kier alpha value is -2.33. The molecule has 4 nitrogen and oxygen atoms in total. The summed E-state index contributed by atoms with van der Waals surface area (Å²) in [4.78, 5) is 22.1. The van der Waals surface area contributed by atoms with Crippen LogP contribution in [0.25, 0.3) is 10.9 Å². The number of fused-ring (bicyclic) bond motifs is 1. The first kappa shape index (κ1) is 15.2. The first-order chi connectivity index (χ1) is 11.7. The molecule has 24 heavy (non-hydrogen) atoms. The highest BCUT2D eigenvalue weighted by atomic mass is 35.5. The zero-order chi connectivity index (χ0) is 16.5. The van der Waals surface area contributed by atoms with Crippen LogP contribution in [-0.2, 0) is 0 Å². The van der Waals surface area contributed by atoms with Crippen LogP contribution in [0, 0.1) is 0 Å². The Morgan fingerprint density at radius 3 is 3.04 bits per heavy atom. The number of aromatic amines is 1. The second kappa shape index (κ2) is 6.29. The van der Waals surface area contributed by atoms with Crippen molar-refractivity contribution in [3.05, 3.63) is 65.1 Å². The third kappa shape index (κ3) is 2.89. The van der Waals surface area contributed by atoms with Crippen molar-refractivity contribution in [3.63, 3.8) is 0 Å². The fourth-order valence-electron chi connectivity index (χ4n) is 3.43. The van der Waals surface area contributed by atoms with E-state index in [1.165, 1.54) is 5.69 Å². The van der Waals surface area contributed by atoms with Crippen LogP contribution in [0.3, 0.4) is 0 Å². The highest BCUT2D eigenvalue weighted by Crippen LogP contribution is 2.30. The van der Waals surface area contributed by atoms with E-state index in [0.29, 0.717) is 11.5 Å². The third-order valence-electron chi connectivity index (χ3n) is 4.66. The number of piperidine rings is 1. The van der Waals surface area contributed by atoms with E-state index in [9.17, 15) is 4.79 Å².